The molecule has 3 heteroatoms. The predicted molar refractivity (Wildman–Crippen MR) is 165 cm³/mol. The van der Waals surface area contributed by atoms with E-state index >= 15 is 0 Å². The van der Waals surface area contributed by atoms with Crippen molar-refractivity contribution >= 4 is 22.6 Å². The third kappa shape index (κ3) is 9.91. The van der Waals surface area contributed by atoms with E-state index < -0.39 is 0 Å². The van der Waals surface area contributed by atoms with Crippen LogP contribution in [-0.2, 0) is 10.8 Å². The topological polar surface area (TPSA) is 18.5 Å². The molecule has 2 aromatic rings. The highest BCUT2D eigenvalue weighted by atomic mass is 127. The largest absolute Gasteiger partial charge is 0.493 e. The van der Waals surface area contributed by atoms with Crippen molar-refractivity contribution in [2.45, 2.75) is 113 Å². The summed E-state index contributed by atoms with van der Waals surface area (Å²) in [6.45, 7) is 26.8. The zero-order chi connectivity index (χ0) is 27.4. The Morgan fingerprint density at radius 1 is 0.611 bits per heavy atom. The first-order chi connectivity index (χ1) is 16.4. The second kappa shape index (κ2) is 12.1. The van der Waals surface area contributed by atoms with Crippen LogP contribution < -0.4 is 9.47 Å². The summed E-state index contributed by atoms with van der Waals surface area (Å²) < 4.78 is 13.4. The lowest BCUT2D eigenvalue weighted by Gasteiger charge is -2.33. The number of hydrogen-bond acceptors (Lipinski definition) is 2. The van der Waals surface area contributed by atoms with Crippen LogP contribution in [0.3, 0.4) is 0 Å². The number of ether oxygens (including phenoxy) is 2. The Balaban J connectivity index is 1.82. The first-order valence-electron chi connectivity index (χ1n) is 13.6. The van der Waals surface area contributed by atoms with Gasteiger partial charge in [0, 0.05) is 0 Å². The van der Waals surface area contributed by atoms with Crippen LogP contribution in [0.25, 0.3) is 0 Å². The van der Waals surface area contributed by atoms with Crippen molar-refractivity contribution in [2.75, 3.05) is 13.2 Å². The van der Waals surface area contributed by atoms with Gasteiger partial charge in [-0.3, -0.25) is 0 Å². The van der Waals surface area contributed by atoms with Crippen molar-refractivity contribution in [3.63, 3.8) is 0 Å². The van der Waals surface area contributed by atoms with E-state index in [1.807, 2.05) is 0 Å². The van der Waals surface area contributed by atoms with Crippen LogP contribution in [0.4, 0.5) is 0 Å². The van der Waals surface area contributed by atoms with Crippen molar-refractivity contribution in [3.8, 4) is 11.5 Å². The van der Waals surface area contributed by atoms with Gasteiger partial charge in [0.15, 0.2) is 0 Å². The molecule has 0 fully saturated rings. The third-order valence-corrected chi connectivity index (χ3v) is 7.51. The van der Waals surface area contributed by atoms with Gasteiger partial charge in [-0.05, 0) is 112 Å². The van der Waals surface area contributed by atoms with Gasteiger partial charge in [-0.15, -0.1) is 0 Å². The summed E-state index contributed by atoms with van der Waals surface area (Å²) in [5.74, 6) is 1.98. The lowest BCUT2D eigenvalue weighted by molar-refractivity contribution is 0.263. The summed E-state index contributed by atoms with van der Waals surface area (Å²) in [6.07, 6.45) is 4.25. The fourth-order valence-electron chi connectivity index (χ4n) is 5.70. The van der Waals surface area contributed by atoms with Gasteiger partial charge in [0.1, 0.15) is 11.5 Å². The van der Waals surface area contributed by atoms with Crippen LogP contribution in [0.1, 0.15) is 112 Å². The number of hydrogen-bond donors (Lipinski definition) is 0. The molecule has 0 spiro atoms. The molecule has 0 aliphatic heterocycles. The van der Waals surface area contributed by atoms with Crippen LogP contribution in [0.15, 0.2) is 36.4 Å². The molecule has 0 N–H and O–H groups in total. The zero-order valence-corrected chi connectivity index (χ0v) is 27.1. The molecule has 0 heterocycles. The molecular formula is C33H51IO2. The Kier molecular flexibility index (Phi) is 10.4. The number of benzene rings is 2. The van der Waals surface area contributed by atoms with Gasteiger partial charge >= 0.3 is 0 Å². The highest BCUT2D eigenvalue weighted by Crippen LogP contribution is 2.39. The van der Waals surface area contributed by atoms with E-state index in [1.54, 1.807) is 0 Å². The fourth-order valence-corrected chi connectivity index (χ4v) is 6.37. The van der Waals surface area contributed by atoms with E-state index in [0.717, 1.165) is 37.2 Å². The number of halogens is 1. The molecule has 2 nitrogen and oxygen atoms in total. The van der Waals surface area contributed by atoms with E-state index in [0.29, 0.717) is 24.0 Å². The molecule has 2 aromatic carbocycles. The molecule has 0 saturated carbocycles. The van der Waals surface area contributed by atoms with E-state index in [-0.39, 0.29) is 10.8 Å². The van der Waals surface area contributed by atoms with Crippen molar-refractivity contribution in [1.82, 2.24) is 0 Å². The predicted octanol–water partition coefficient (Wildman–Crippen LogP) is 10.3. The maximum absolute atomic E-state index is 6.12. The number of unbranched alkanes of at least 4 members (excludes halogenated alkanes) is 1. The Morgan fingerprint density at radius 2 is 1.03 bits per heavy atom. The van der Waals surface area contributed by atoms with E-state index in [1.165, 1.54) is 20.3 Å². The number of rotatable bonds is 11. The number of aryl methyl sites for hydroxylation is 1. The van der Waals surface area contributed by atoms with Crippen molar-refractivity contribution < 1.29 is 9.47 Å². The van der Waals surface area contributed by atoms with Gasteiger partial charge in [-0.25, -0.2) is 0 Å². The summed E-state index contributed by atoms with van der Waals surface area (Å²) in [6, 6.07) is 13.4. The molecule has 0 aliphatic carbocycles. The molecule has 2 rings (SSSR count). The highest BCUT2D eigenvalue weighted by Gasteiger charge is 2.28. The summed E-state index contributed by atoms with van der Waals surface area (Å²) in [5, 5.41) is 0. The normalized spacial score (nSPS) is 13.1. The van der Waals surface area contributed by atoms with E-state index in [2.05, 4.69) is 135 Å². The van der Waals surface area contributed by atoms with Gasteiger partial charge in [0.2, 0.25) is 0 Å². The molecule has 0 radical (unpaired) electrons. The van der Waals surface area contributed by atoms with E-state index in [4.69, 9.17) is 9.47 Å². The van der Waals surface area contributed by atoms with E-state index in [9.17, 15) is 0 Å². The maximum atomic E-state index is 6.12. The maximum Gasteiger partial charge on any atom is 0.132 e. The molecular weight excluding hydrogens is 555 g/mol. The Bertz CT molecular complexity index is 908. The van der Waals surface area contributed by atoms with Crippen LogP contribution in [0.5, 0.6) is 11.5 Å². The molecule has 202 valence electrons. The molecule has 0 amide bonds. The van der Waals surface area contributed by atoms with Crippen molar-refractivity contribution in [1.29, 1.82) is 0 Å². The van der Waals surface area contributed by atoms with Gasteiger partial charge in [0.05, 0.1) is 16.8 Å². The SMILES string of the molecule is Cc1cc(C(C)(C)CC(C)(C)C)ccc1OCCCCOc1ccc(C(C)(C)CC(C)(C)C)cc1I. The minimum absolute atomic E-state index is 0.146. The van der Waals surface area contributed by atoms with Gasteiger partial charge < -0.3 is 9.47 Å². The molecule has 0 unspecified atom stereocenters. The average Bonchev–Trinajstić information content (AvgIpc) is 2.68. The molecule has 0 saturated heterocycles. The third-order valence-electron chi connectivity index (χ3n) is 6.67. The summed E-state index contributed by atoms with van der Waals surface area (Å²) >= 11 is 2.41. The van der Waals surface area contributed by atoms with Crippen LogP contribution >= 0.6 is 22.6 Å². The second-order valence-electron chi connectivity index (χ2n) is 14.3. The van der Waals surface area contributed by atoms with Crippen molar-refractivity contribution in [2.24, 2.45) is 10.8 Å². The Morgan fingerprint density at radius 3 is 1.44 bits per heavy atom. The van der Waals surface area contributed by atoms with Crippen LogP contribution in [-0.4, -0.2) is 13.2 Å². The minimum Gasteiger partial charge on any atom is -0.493 e. The molecule has 0 bridgehead atoms. The first-order valence-corrected chi connectivity index (χ1v) is 14.6. The van der Waals surface area contributed by atoms with Gasteiger partial charge in [0.25, 0.3) is 0 Å². The molecule has 36 heavy (non-hydrogen) atoms. The van der Waals surface area contributed by atoms with Gasteiger partial charge in [-0.1, -0.05) is 87.4 Å². The fraction of sp³-hybridized carbons (Fsp3) is 0.636. The average molecular weight is 607 g/mol. The van der Waals surface area contributed by atoms with Crippen LogP contribution in [0.2, 0.25) is 0 Å². The van der Waals surface area contributed by atoms with Crippen LogP contribution in [0, 0.1) is 21.3 Å². The monoisotopic (exact) mass is 606 g/mol. The van der Waals surface area contributed by atoms with Gasteiger partial charge in [-0.2, -0.15) is 0 Å². The summed E-state index contributed by atoms with van der Waals surface area (Å²) in [7, 11) is 0. The highest BCUT2D eigenvalue weighted by molar-refractivity contribution is 14.1. The Labute approximate surface area is 236 Å². The quantitative estimate of drug-likeness (QED) is 0.187. The smallest absolute Gasteiger partial charge is 0.132 e. The van der Waals surface area contributed by atoms with Crippen molar-refractivity contribution in [3.05, 3.63) is 56.7 Å². The first kappa shape index (κ1) is 31.0. The molecule has 0 aromatic heterocycles. The summed E-state index contributed by atoms with van der Waals surface area (Å²) in [4.78, 5) is 0. The zero-order valence-electron chi connectivity index (χ0n) is 24.9. The standard InChI is InChI=1S/C33H51IO2/c1-24-20-25(32(8,9)22-30(2,3)4)14-16-28(24)35-18-12-13-19-36-29-17-15-26(21-27(29)34)33(10,11)23-31(5,6)7/h14-17,20-21H,12-13,18-19,22-23H2,1-11H3. The minimum atomic E-state index is 0.146. The second-order valence-corrected chi connectivity index (χ2v) is 15.4. The molecule has 0 aliphatic rings. The lowest BCUT2D eigenvalue weighted by Crippen LogP contribution is -2.25. The Hall–Kier alpha value is -1.23. The summed E-state index contributed by atoms with van der Waals surface area (Å²) in [5.41, 5.74) is 4.88. The lowest BCUT2D eigenvalue weighted by atomic mass is 9.72. The molecule has 0 atom stereocenters.